The summed E-state index contributed by atoms with van der Waals surface area (Å²) in [5.41, 5.74) is -0.202. The molecule has 0 radical (unpaired) electrons. The Morgan fingerprint density at radius 3 is 2.43 bits per heavy atom. The van der Waals surface area contributed by atoms with Crippen molar-refractivity contribution in [2.45, 2.75) is 19.4 Å². The van der Waals surface area contributed by atoms with Crippen molar-refractivity contribution in [3.8, 4) is 0 Å². The van der Waals surface area contributed by atoms with Gasteiger partial charge in [0.2, 0.25) is 0 Å². The zero-order valence-corrected chi connectivity index (χ0v) is 12.4. The highest BCUT2D eigenvalue weighted by atomic mass is 32.1. The number of hydrogen-bond acceptors (Lipinski definition) is 2. The first-order valence-electron chi connectivity index (χ1n) is 6.34. The largest absolute Gasteiger partial charge is 0.339 e. The molecular formula is C15H14F3NOS. The van der Waals surface area contributed by atoms with Gasteiger partial charge < -0.3 is 4.90 Å². The van der Waals surface area contributed by atoms with Crippen LogP contribution in [0.1, 0.15) is 22.2 Å². The molecule has 1 aromatic heterocycles. The van der Waals surface area contributed by atoms with Crippen molar-refractivity contribution in [1.29, 1.82) is 0 Å². The Bertz CT molecular complexity index is 619. The summed E-state index contributed by atoms with van der Waals surface area (Å²) in [5.74, 6) is -4.84. The lowest BCUT2D eigenvalue weighted by atomic mass is 10.1. The predicted molar refractivity (Wildman–Crippen MR) is 75.9 cm³/mol. The number of carbonyl (C=O) groups excluding carboxylic acids is 1. The first-order valence-corrected chi connectivity index (χ1v) is 7.22. The van der Waals surface area contributed by atoms with E-state index in [1.807, 2.05) is 24.4 Å². The van der Waals surface area contributed by atoms with E-state index in [1.165, 1.54) is 4.90 Å². The standard InChI is InChI=1S/C15H14F3NOS/c1-9(6-11-4-3-5-21-11)19(2)15(20)10-7-12(16)14(18)13(17)8-10/h3-5,7-9H,6H2,1-2H3. The second-order valence-corrected chi connectivity index (χ2v) is 5.83. The van der Waals surface area contributed by atoms with Crippen LogP contribution in [0.25, 0.3) is 0 Å². The molecule has 1 amide bonds. The monoisotopic (exact) mass is 313 g/mol. The Kier molecular flexibility index (Phi) is 4.67. The summed E-state index contributed by atoms with van der Waals surface area (Å²) in [7, 11) is 1.56. The van der Waals surface area contributed by atoms with E-state index in [2.05, 4.69) is 0 Å². The van der Waals surface area contributed by atoms with Crippen LogP contribution < -0.4 is 0 Å². The zero-order valence-electron chi connectivity index (χ0n) is 11.6. The Morgan fingerprint density at radius 1 is 1.29 bits per heavy atom. The van der Waals surface area contributed by atoms with E-state index in [4.69, 9.17) is 0 Å². The fourth-order valence-corrected chi connectivity index (χ4v) is 2.77. The van der Waals surface area contributed by atoms with Crippen LogP contribution in [0.5, 0.6) is 0 Å². The van der Waals surface area contributed by atoms with Crippen LogP contribution in [0.2, 0.25) is 0 Å². The number of nitrogens with zero attached hydrogens (tertiary/aromatic N) is 1. The second kappa shape index (κ2) is 6.30. The van der Waals surface area contributed by atoms with Gasteiger partial charge in [-0.25, -0.2) is 13.2 Å². The molecule has 0 saturated heterocycles. The maximum absolute atomic E-state index is 13.2. The molecule has 2 rings (SSSR count). The van der Waals surface area contributed by atoms with Crippen LogP contribution in [0, 0.1) is 17.5 Å². The highest BCUT2D eigenvalue weighted by molar-refractivity contribution is 7.09. The summed E-state index contributed by atoms with van der Waals surface area (Å²) >= 11 is 1.58. The minimum Gasteiger partial charge on any atom is -0.339 e. The third-order valence-corrected chi connectivity index (χ3v) is 4.19. The third-order valence-electron chi connectivity index (χ3n) is 3.29. The normalized spacial score (nSPS) is 12.2. The van der Waals surface area contributed by atoms with Gasteiger partial charge in [-0.2, -0.15) is 0 Å². The van der Waals surface area contributed by atoms with Gasteiger partial charge in [0.1, 0.15) is 0 Å². The molecular weight excluding hydrogens is 299 g/mol. The SMILES string of the molecule is CC(Cc1cccs1)N(C)C(=O)c1cc(F)c(F)c(F)c1. The van der Waals surface area contributed by atoms with E-state index in [-0.39, 0.29) is 11.6 Å². The summed E-state index contributed by atoms with van der Waals surface area (Å²) in [5, 5.41) is 1.94. The van der Waals surface area contributed by atoms with Crippen LogP contribution >= 0.6 is 11.3 Å². The van der Waals surface area contributed by atoms with E-state index in [0.717, 1.165) is 17.0 Å². The van der Waals surface area contributed by atoms with Crippen molar-refractivity contribution in [1.82, 2.24) is 4.90 Å². The van der Waals surface area contributed by atoms with Crippen LogP contribution in [-0.2, 0) is 6.42 Å². The molecule has 0 saturated carbocycles. The van der Waals surface area contributed by atoms with Gasteiger partial charge in [-0.15, -0.1) is 11.3 Å². The molecule has 1 atom stereocenters. The maximum atomic E-state index is 13.2. The van der Waals surface area contributed by atoms with Crippen LogP contribution in [0.15, 0.2) is 29.6 Å². The highest BCUT2D eigenvalue weighted by Crippen LogP contribution is 2.18. The van der Waals surface area contributed by atoms with Gasteiger partial charge >= 0.3 is 0 Å². The van der Waals surface area contributed by atoms with Gasteiger partial charge in [0.25, 0.3) is 5.91 Å². The van der Waals surface area contributed by atoms with Crippen LogP contribution in [0.4, 0.5) is 13.2 Å². The number of thiophene rings is 1. The van der Waals surface area contributed by atoms with E-state index >= 15 is 0 Å². The Hall–Kier alpha value is -1.82. The average Bonchev–Trinajstić information content (AvgIpc) is 2.95. The first kappa shape index (κ1) is 15.6. The van der Waals surface area contributed by atoms with Gasteiger partial charge in [-0.05, 0) is 30.5 Å². The second-order valence-electron chi connectivity index (χ2n) is 4.80. The number of carbonyl (C=O) groups is 1. The van der Waals surface area contributed by atoms with Crippen molar-refractivity contribution in [3.63, 3.8) is 0 Å². The molecule has 0 bridgehead atoms. The Morgan fingerprint density at radius 2 is 1.90 bits per heavy atom. The first-order chi connectivity index (χ1) is 9.90. The van der Waals surface area contributed by atoms with Crippen molar-refractivity contribution >= 4 is 17.2 Å². The number of benzene rings is 1. The highest BCUT2D eigenvalue weighted by Gasteiger charge is 2.21. The molecule has 2 nitrogen and oxygen atoms in total. The zero-order chi connectivity index (χ0) is 15.6. The van der Waals surface area contributed by atoms with E-state index < -0.39 is 23.4 Å². The fourth-order valence-electron chi connectivity index (χ4n) is 1.94. The fraction of sp³-hybridized carbons (Fsp3) is 0.267. The predicted octanol–water partition coefficient (Wildman–Crippen LogP) is 3.87. The summed E-state index contributed by atoms with van der Waals surface area (Å²) in [4.78, 5) is 14.7. The maximum Gasteiger partial charge on any atom is 0.254 e. The number of rotatable bonds is 4. The molecule has 0 fully saturated rings. The number of halogens is 3. The lowest BCUT2D eigenvalue weighted by Crippen LogP contribution is -2.36. The smallest absolute Gasteiger partial charge is 0.254 e. The lowest BCUT2D eigenvalue weighted by Gasteiger charge is -2.24. The molecule has 1 aromatic carbocycles. The molecule has 0 spiro atoms. The number of amides is 1. The van der Waals surface area contributed by atoms with Crippen molar-refractivity contribution in [2.75, 3.05) is 7.05 Å². The molecule has 0 N–H and O–H groups in total. The van der Waals surface area contributed by atoms with Gasteiger partial charge in [0, 0.05) is 30.0 Å². The molecule has 6 heteroatoms. The summed E-state index contributed by atoms with van der Waals surface area (Å²) in [6.45, 7) is 1.84. The Labute approximate surface area is 124 Å². The molecule has 21 heavy (non-hydrogen) atoms. The quantitative estimate of drug-likeness (QED) is 0.785. The van der Waals surface area contributed by atoms with E-state index in [9.17, 15) is 18.0 Å². The minimum atomic E-state index is -1.57. The minimum absolute atomic E-state index is 0.146. The van der Waals surface area contributed by atoms with Crippen LogP contribution in [-0.4, -0.2) is 23.9 Å². The molecule has 112 valence electrons. The number of hydrogen-bond donors (Lipinski definition) is 0. The molecule has 0 aliphatic carbocycles. The van der Waals surface area contributed by atoms with Gasteiger partial charge in [0.15, 0.2) is 17.5 Å². The molecule has 0 aliphatic heterocycles. The summed E-state index contributed by atoms with van der Waals surface area (Å²) < 4.78 is 39.3. The van der Waals surface area contributed by atoms with Crippen molar-refractivity contribution in [2.24, 2.45) is 0 Å². The number of likely N-dealkylation sites (N-methyl/N-ethyl adjacent to an activating group) is 1. The van der Waals surface area contributed by atoms with E-state index in [1.54, 1.807) is 18.4 Å². The summed E-state index contributed by atoms with van der Waals surface area (Å²) in [6.07, 6.45) is 0.645. The Balaban J connectivity index is 2.15. The molecule has 1 heterocycles. The lowest BCUT2D eigenvalue weighted by molar-refractivity contribution is 0.0742. The van der Waals surface area contributed by atoms with Crippen molar-refractivity contribution in [3.05, 3.63) is 57.5 Å². The van der Waals surface area contributed by atoms with Gasteiger partial charge in [-0.1, -0.05) is 6.07 Å². The van der Waals surface area contributed by atoms with Gasteiger partial charge in [0.05, 0.1) is 0 Å². The molecule has 0 aliphatic rings. The molecule has 2 aromatic rings. The van der Waals surface area contributed by atoms with E-state index in [0.29, 0.717) is 6.42 Å². The van der Waals surface area contributed by atoms with Crippen molar-refractivity contribution < 1.29 is 18.0 Å². The van der Waals surface area contributed by atoms with Gasteiger partial charge in [-0.3, -0.25) is 4.79 Å². The summed E-state index contributed by atoms with van der Waals surface area (Å²) in [6, 6.07) is 5.16. The third kappa shape index (κ3) is 3.44. The molecule has 1 unspecified atom stereocenters. The van der Waals surface area contributed by atoms with Crippen LogP contribution in [0.3, 0.4) is 0 Å². The topological polar surface area (TPSA) is 20.3 Å². The average molecular weight is 313 g/mol.